The number of hydrogen-bond acceptors (Lipinski definition) is 2. The summed E-state index contributed by atoms with van der Waals surface area (Å²) in [6, 6.07) is 10.7. The fraction of sp³-hybridized carbons (Fsp3) is 0.538. The van der Waals surface area contributed by atoms with Crippen LogP contribution in [-0.2, 0) is 5.75 Å². The molecule has 0 atom stereocenters. The first-order valence-electron chi connectivity index (χ1n) is 5.70. The predicted octanol–water partition coefficient (Wildman–Crippen LogP) is 3.26. The van der Waals surface area contributed by atoms with Gasteiger partial charge in [0.25, 0.3) is 0 Å². The Morgan fingerprint density at radius 1 is 1.07 bits per heavy atom. The van der Waals surface area contributed by atoms with Gasteiger partial charge in [-0.25, -0.2) is 0 Å². The van der Waals surface area contributed by atoms with Crippen LogP contribution in [0.2, 0.25) is 0 Å². The zero-order valence-electron chi connectivity index (χ0n) is 9.78. The Morgan fingerprint density at radius 2 is 1.73 bits per heavy atom. The molecule has 0 N–H and O–H groups in total. The normalized spacial score (nSPS) is 10.9. The van der Waals surface area contributed by atoms with E-state index in [-0.39, 0.29) is 0 Å². The van der Waals surface area contributed by atoms with Gasteiger partial charge in [-0.05, 0) is 18.7 Å². The third kappa shape index (κ3) is 5.24. The van der Waals surface area contributed by atoms with Crippen molar-refractivity contribution in [1.29, 1.82) is 0 Å². The average Bonchev–Trinajstić information content (AvgIpc) is 2.31. The zero-order valence-corrected chi connectivity index (χ0v) is 10.6. The highest BCUT2D eigenvalue weighted by Crippen LogP contribution is 2.11. The van der Waals surface area contributed by atoms with Crippen LogP contribution in [0.3, 0.4) is 0 Å². The van der Waals surface area contributed by atoms with E-state index in [1.165, 1.54) is 31.0 Å². The smallest absolute Gasteiger partial charge is 0.0185 e. The van der Waals surface area contributed by atoms with E-state index in [0.29, 0.717) is 0 Å². The van der Waals surface area contributed by atoms with Gasteiger partial charge in [0.1, 0.15) is 0 Å². The Bertz CT molecular complexity index is 244. The fourth-order valence-electron chi connectivity index (χ4n) is 1.50. The second kappa shape index (κ2) is 7.77. The van der Waals surface area contributed by atoms with E-state index < -0.39 is 0 Å². The van der Waals surface area contributed by atoms with Crippen molar-refractivity contribution in [1.82, 2.24) is 4.90 Å². The highest BCUT2D eigenvalue weighted by Gasteiger charge is 1.98. The van der Waals surface area contributed by atoms with Crippen LogP contribution < -0.4 is 0 Å². The van der Waals surface area contributed by atoms with Crippen molar-refractivity contribution in [2.45, 2.75) is 19.6 Å². The molecule has 0 unspecified atom stereocenters. The van der Waals surface area contributed by atoms with Gasteiger partial charge in [0.05, 0.1) is 0 Å². The molecule has 0 aliphatic heterocycles. The molecule has 15 heavy (non-hydrogen) atoms. The lowest BCUT2D eigenvalue weighted by Crippen LogP contribution is -2.25. The Labute approximate surface area is 97.9 Å². The third-order valence-electron chi connectivity index (χ3n) is 2.56. The molecule has 1 aromatic rings. The predicted molar refractivity (Wildman–Crippen MR) is 70.4 cm³/mol. The maximum atomic E-state index is 2.47. The number of benzene rings is 1. The van der Waals surface area contributed by atoms with Crippen molar-refractivity contribution in [3.05, 3.63) is 35.9 Å². The molecule has 1 nitrogen and oxygen atoms in total. The maximum absolute atomic E-state index is 2.47. The Morgan fingerprint density at radius 3 is 2.33 bits per heavy atom. The van der Waals surface area contributed by atoms with Crippen molar-refractivity contribution < 1.29 is 0 Å². The molecule has 0 saturated heterocycles. The summed E-state index contributed by atoms with van der Waals surface area (Å²) in [6.07, 6.45) is 0. The van der Waals surface area contributed by atoms with Gasteiger partial charge in [-0.1, -0.05) is 44.2 Å². The van der Waals surface area contributed by atoms with Crippen LogP contribution in [0, 0.1) is 0 Å². The lowest BCUT2D eigenvalue weighted by molar-refractivity contribution is 0.324. The first-order valence-corrected chi connectivity index (χ1v) is 6.86. The van der Waals surface area contributed by atoms with E-state index in [0.717, 1.165) is 5.75 Å². The largest absolute Gasteiger partial charge is 0.303 e. The van der Waals surface area contributed by atoms with Gasteiger partial charge >= 0.3 is 0 Å². The molecule has 0 heterocycles. The summed E-state index contributed by atoms with van der Waals surface area (Å²) in [5.41, 5.74) is 1.43. The second-order valence-corrected chi connectivity index (χ2v) is 4.67. The first-order chi connectivity index (χ1) is 7.36. The number of hydrogen-bond donors (Lipinski definition) is 0. The molecular formula is C13H21NS. The summed E-state index contributed by atoms with van der Waals surface area (Å²) in [6.45, 7) is 8.01. The van der Waals surface area contributed by atoms with Crippen LogP contribution in [0.5, 0.6) is 0 Å². The van der Waals surface area contributed by atoms with Gasteiger partial charge in [0.15, 0.2) is 0 Å². The fourth-order valence-corrected chi connectivity index (χ4v) is 2.46. The van der Waals surface area contributed by atoms with E-state index in [9.17, 15) is 0 Å². The highest BCUT2D eigenvalue weighted by molar-refractivity contribution is 7.98. The molecular weight excluding hydrogens is 202 g/mol. The Kier molecular flexibility index (Phi) is 6.53. The summed E-state index contributed by atoms with van der Waals surface area (Å²) in [5.74, 6) is 2.37. The molecule has 2 heteroatoms. The van der Waals surface area contributed by atoms with Crippen molar-refractivity contribution in [2.24, 2.45) is 0 Å². The minimum atomic E-state index is 1.14. The monoisotopic (exact) mass is 223 g/mol. The van der Waals surface area contributed by atoms with E-state index >= 15 is 0 Å². The van der Waals surface area contributed by atoms with Crippen molar-refractivity contribution in [2.75, 3.05) is 25.4 Å². The van der Waals surface area contributed by atoms with Gasteiger partial charge in [0.2, 0.25) is 0 Å². The second-order valence-electron chi connectivity index (χ2n) is 3.57. The summed E-state index contributed by atoms with van der Waals surface area (Å²) in [7, 11) is 0. The summed E-state index contributed by atoms with van der Waals surface area (Å²) >= 11 is 2.02. The van der Waals surface area contributed by atoms with Crippen LogP contribution >= 0.6 is 11.8 Å². The molecule has 0 bridgehead atoms. The zero-order chi connectivity index (χ0) is 10.9. The average molecular weight is 223 g/mol. The molecule has 0 radical (unpaired) electrons. The molecule has 0 aliphatic carbocycles. The standard InChI is InChI=1S/C13H21NS/c1-3-14(4-2)10-11-15-12-13-8-6-5-7-9-13/h5-9H,3-4,10-12H2,1-2H3. The first kappa shape index (κ1) is 12.6. The maximum Gasteiger partial charge on any atom is 0.0185 e. The van der Waals surface area contributed by atoms with E-state index in [1.54, 1.807) is 0 Å². The SMILES string of the molecule is CCN(CC)CCSCc1ccccc1. The quantitative estimate of drug-likeness (QED) is 0.653. The lowest BCUT2D eigenvalue weighted by Gasteiger charge is -2.17. The van der Waals surface area contributed by atoms with Crippen molar-refractivity contribution in [3.63, 3.8) is 0 Å². The molecule has 0 aromatic heterocycles. The van der Waals surface area contributed by atoms with Gasteiger partial charge in [-0.3, -0.25) is 0 Å². The number of nitrogens with zero attached hydrogens (tertiary/aromatic N) is 1. The van der Waals surface area contributed by atoms with Crippen LogP contribution in [0.15, 0.2) is 30.3 Å². The van der Waals surface area contributed by atoms with E-state index in [2.05, 4.69) is 49.1 Å². The van der Waals surface area contributed by atoms with Gasteiger partial charge in [-0.2, -0.15) is 11.8 Å². The Hall–Kier alpha value is -0.470. The molecule has 84 valence electrons. The minimum Gasteiger partial charge on any atom is -0.303 e. The molecule has 0 amide bonds. The molecule has 0 fully saturated rings. The topological polar surface area (TPSA) is 3.24 Å². The van der Waals surface area contributed by atoms with Crippen LogP contribution in [0.4, 0.5) is 0 Å². The van der Waals surface area contributed by atoms with E-state index in [1.807, 2.05) is 11.8 Å². The van der Waals surface area contributed by atoms with Crippen LogP contribution in [-0.4, -0.2) is 30.3 Å². The number of rotatable bonds is 7. The molecule has 1 aromatic carbocycles. The molecule has 0 aliphatic rings. The molecule has 0 saturated carbocycles. The summed E-state index contributed by atoms with van der Waals surface area (Å²) in [5, 5.41) is 0. The lowest BCUT2D eigenvalue weighted by atomic mass is 10.2. The molecule has 1 rings (SSSR count). The van der Waals surface area contributed by atoms with Crippen LogP contribution in [0.25, 0.3) is 0 Å². The van der Waals surface area contributed by atoms with Gasteiger partial charge in [-0.15, -0.1) is 0 Å². The number of thioether (sulfide) groups is 1. The van der Waals surface area contributed by atoms with Gasteiger partial charge < -0.3 is 4.90 Å². The Balaban J connectivity index is 2.12. The van der Waals surface area contributed by atoms with Crippen molar-refractivity contribution >= 4 is 11.8 Å². The van der Waals surface area contributed by atoms with Crippen LogP contribution in [0.1, 0.15) is 19.4 Å². The van der Waals surface area contributed by atoms with Gasteiger partial charge in [0, 0.05) is 18.1 Å². The third-order valence-corrected chi connectivity index (χ3v) is 3.57. The molecule has 0 spiro atoms. The highest BCUT2D eigenvalue weighted by atomic mass is 32.2. The summed E-state index contributed by atoms with van der Waals surface area (Å²) < 4.78 is 0. The van der Waals surface area contributed by atoms with Crippen molar-refractivity contribution in [3.8, 4) is 0 Å². The van der Waals surface area contributed by atoms with E-state index in [4.69, 9.17) is 0 Å². The summed E-state index contributed by atoms with van der Waals surface area (Å²) in [4.78, 5) is 2.47. The minimum absolute atomic E-state index is 1.14.